The van der Waals surface area contributed by atoms with Crippen LogP contribution in [-0.4, -0.2) is 42.8 Å². The molecule has 0 N–H and O–H groups in total. The SMILES string of the molecule is CC1(C)C[C@@H]2C[C@@](C)(CN2C(=O)COC(=O)c2ccc3c(c2)OCO3)C1. The summed E-state index contributed by atoms with van der Waals surface area (Å²) in [4.78, 5) is 26.9. The molecule has 2 atom stereocenters. The minimum absolute atomic E-state index is 0.106. The first kappa shape index (κ1) is 17.2. The number of amides is 1. The molecule has 1 aliphatic carbocycles. The molecule has 1 aromatic rings. The van der Waals surface area contributed by atoms with Crippen LogP contribution in [0.3, 0.4) is 0 Å². The van der Waals surface area contributed by atoms with Gasteiger partial charge in [0.15, 0.2) is 18.1 Å². The fourth-order valence-electron chi connectivity index (χ4n) is 5.07. The van der Waals surface area contributed by atoms with Gasteiger partial charge >= 0.3 is 5.97 Å². The minimum atomic E-state index is -0.523. The van der Waals surface area contributed by atoms with Crippen molar-refractivity contribution in [3.8, 4) is 11.5 Å². The van der Waals surface area contributed by atoms with Gasteiger partial charge in [-0.25, -0.2) is 4.79 Å². The number of carbonyl (C=O) groups excluding carboxylic acids is 2. The third-order valence-electron chi connectivity index (χ3n) is 5.67. The van der Waals surface area contributed by atoms with E-state index in [1.54, 1.807) is 18.2 Å². The molecular formula is C20H25NO5. The highest BCUT2D eigenvalue weighted by atomic mass is 16.7. The number of fused-ring (bicyclic) bond motifs is 3. The molecule has 1 amide bonds. The number of hydrogen-bond donors (Lipinski definition) is 0. The standard InChI is InChI=1S/C20H25NO5/c1-19(2)7-14-8-20(3,10-19)11-21(14)17(22)9-24-18(23)13-4-5-15-16(6-13)26-12-25-15/h4-6,14H,7-12H2,1-3H3/t14-,20-/m1/s1. The Balaban J connectivity index is 1.38. The number of likely N-dealkylation sites (tertiary alicyclic amines) is 1. The highest BCUT2D eigenvalue weighted by Gasteiger charge is 2.50. The van der Waals surface area contributed by atoms with Gasteiger partial charge < -0.3 is 19.1 Å². The van der Waals surface area contributed by atoms with E-state index in [0.717, 1.165) is 25.8 Å². The zero-order chi connectivity index (χ0) is 18.5. The van der Waals surface area contributed by atoms with Crippen molar-refractivity contribution in [2.24, 2.45) is 10.8 Å². The second kappa shape index (κ2) is 5.89. The van der Waals surface area contributed by atoms with Crippen LogP contribution >= 0.6 is 0 Å². The molecule has 2 bridgehead atoms. The van der Waals surface area contributed by atoms with Crippen LogP contribution < -0.4 is 9.47 Å². The van der Waals surface area contributed by atoms with E-state index in [4.69, 9.17) is 14.2 Å². The van der Waals surface area contributed by atoms with Crippen molar-refractivity contribution in [2.75, 3.05) is 19.9 Å². The normalized spacial score (nSPS) is 28.1. The van der Waals surface area contributed by atoms with E-state index in [2.05, 4.69) is 20.8 Å². The maximum atomic E-state index is 12.7. The van der Waals surface area contributed by atoms with Crippen LogP contribution in [0.25, 0.3) is 0 Å². The van der Waals surface area contributed by atoms with Crippen LogP contribution in [-0.2, 0) is 9.53 Å². The number of rotatable bonds is 3. The monoisotopic (exact) mass is 359 g/mol. The fraction of sp³-hybridized carbons (Fsp3) is 0.600. The molecular weight excluding hydrogens is 334 g/mol. The Morgan fingerprint density at radius 2 is 1.96 bits per heavy atom. The molecule has 140 valence electrons. The summed E-state index contributed by atoms with van der Waals surface area (Å²) in [6.45, 7) is 7.47. The van der Waals surface area contributed by atoms with E-state index in [1.165, 1.54) is 0 Å². The summed E-state index contributed by atoms with van der Waals surface area (Å²) in [7, 11) is 0. The predicted molar refractivity (Wildman–Crippen MR) is 94.1 cm³/mol. The van der Waals surface area contributed by atoms with Crippen molar-refractivity contribution in [3.63, 3.8) is 0 Å². The second-order valence-corrected chi connectivity index (χ2v) is 8.88. The van der Waals surface area contributed by atoms with Crippen LogP contribution in [0, 0.1) is 10.8 Å². The molecule has 26 heavy (non-hydrogen) atoms. The molecule has 2 heterocycles. The van der Waals surface area contributed by atoms with Crippen LogP contribution in [0.2, 0.25) is 0 Å². The van der Waals surface area contributed by atoms with Crippen molar-refractivity contribution in [3.05, 3.63) is 23.8 Å². The summed E-state index contributed by atoms with van der Waals surface area (Å²) in [5.74, 6) is 0.503. The van der Waals surface area contributed by atoms with E-state index in [0.29, 0.717) is 17.1 Å². The van der Waals surface area contributed by atoms with Gasteiger partial charge in [-0.1, -0.05) is 20.8 Å². The Hall–Kier alpha value is -2.24. The van der Waals surface area contributed by atoms with Crippen molar-refractivity contribution < 1.29 is 23.8 Å². The molecule has 6 heteroatoms. The van der Waals surface area contributed by atoms with Gasteiger partial charge in [0.25, 0.3) is 5.91 Å². The maximum absolute atomic E-state index is 12.7. The topological polar surface area (TPSA) is 65.1 Å². The number of esters is 1. The lowest BCUT2D eigenvalue weighted by atomic mass is 9.65. The Morgan fingerprint density at radius 1 is 1.19 bits per heavy atom. The summed E-state index contributed by atoms with van der Waals surface area (Å²) in [6, 6.07) is 5.13. The van der Waals surface area contributed by atoms with Gasteiger partial charge in [-0.2, -0.15) is 0 Å². The second-order valence-electron chi connectivity index (χ2n) is 8.88. The zero-order valence-corrected chi connectivity index (χ0v) is 15.5. The Bertz CT molecular complexity index is 759. The summed E-state index contributed by atoms with van der Waals surface area (Å²) < 4.78 is 15.8. The maximum Gasteiger partial charge on any atom is 0.338 e. The molecule has 2 aliphatic heterocycles. The molecule has 1 aromatic carbocycles. The van der Waals surface area contributed by atoms with Gasteiger partial charge in [-0.05, 0) is 48.3 Å². The predicted octanol–water partition coefficient (Wildman–Crippen LogP) is 3.00. The molecule has 2 fully saturated rings. The van der Waals surface area contributed by atoms with E-state index >= 15 is 0 Å². The van der Waals surface area contributed by atoms with Gasteiger partial charge in [0.1, 0.15) is 0 Å². The third kappa shape index (κ3) is 3.13. The molecule has 0 spiro atoms. The molecule has 1 saturated carbocycles. The Labute approximate surface area is 153 Å². The quantitative estimate of drug-likeness (QED) is 0.776. The van der Waals surface area contributed by atoms with Crippen molar-refractivity contribution in [1.82, 2.24) is 4.90 Å². The average Bonchev–Trinajstić information content (AvgIpc) is 3.12. The van der Waals surface area contributed by atoms with Gasteiger partial charge in [0.05, 0.1) is 5.56 Å². The summed E-state index contributed by atoms with van der Waals surface area (Å²) >= 11 is 0. The lowest BCUT2D eigenvalue weighted by molar-refractivity contribution is -0.135. The molecule has 6 nitrogen and oxygen atoms in total. The van der Waals surface area contributed by atoms with E-state index < -0.39 is 5.97 Å². The van der Waals surface area contributed by atoms with Crippen LogP contribution in [0.1, 0.15) is 50.4 Å². The molecule has 0 radical (unpaired) electrons. The highest BCUT2D eigenvalue weighted by molar-refractivity contribution is 5.92. The summed E-state index contributed by atoms with van der Waals surface area (Å²) in [5.41, 5.74) is 0.773. The van der Waals surface area contributed by atoms with Gasteiger partial charge in [-0.15, -0.1) is 0 Å². The Morgan fingerprint density at radius 3 is 2.77 bits per heavy atom. The minimum Gasteiger partial charge on any atom is -0.454 e. The number of ether oxygens (including phenoxy) is 3. The van der Waals surface area contributed by atoms with E-state index in [1.807, 2.05) is 4.90 Å². The molecule has 0 unspecified atom stereocenters. The van der Waals surface area contributed by atoms with E-state index in [9.17, 15) is 9.59 Å². The zero-order valence-electron chi connectivity index (χ0n) is 15.5. The van der Waals surface area contributed by atoms with Crippen molar-refractivity contribution in [2.45, 2.75) is 46.1 Å². The highest BCUT2D eigenvalue weighted by Crippen LogP contribution is 2.52. The summed E-state index contributed by atoms with van der Waals surface area (Å²) in [5, 5.41) is 0. The van der Waals surface area contributed by atoms with Crippen LogP contribution in [0.5, 0.6) is 11.5 Å². The van der Waals surface area contributed by atoms with Gasteiger partial charge in [0, 0.05) is 12.6 Å². The largest absolute Gasteiger partial charge is 0.454 e. The first-order valence-corrected chi connectivity index (χ1v) is 9.11. The third-order valence-corrected chi connectivity index (χ3v) is 5.67. The Kier molecular flexibility index (Phi) is 3.90. The van der Waals surface area contributed by atoms with Gasteiger partial charge in [-0.3, -0.25) is 4.79 Å². The number of carbonyl (C=O) groups is 2. The first-order chi connectivity index (χ1) is 12.2. The fourth-order valence-corrected chi connectivity index (χ4v) is 5.07. The van der Waals surface area contributed by atoms with Crippen molar-refractivity contribution >= 4 is 11.9 Å². The number of hydrogen-bond acceptors (Lipinski definition) is 5. The number of benzene rings is 1. The van der Waals surface area contributed by atoms with Crippen LogP contribution in [0.4, 0.5) is 0 Å². The first-order valence-electron chi connectivity index (χ1n) is 9.11. The molecule has 3 aliphatic rings. The number of nitrogens with zero attached hydrogens (tertiary/aromatic N) is 1. The molecule has 4 rings (SSSR count). The van der Waals surface area contributed by atoms with E-state index in [-0.39, 0.29) is 36.2 Å². The van der Waals surface area contributed by atoms with Gasteiger partial charge in [0.2, 0.25) is 6.79 Å². The molecule has 0 aromatic heterocycles. The van der Waals surface area contributed by atoms with Crippen LogP contribution in [0.15, 0.2) is 18.2 Å². The smallest absolute Gasteiger partial charge is 0.338 e. The average molecular weight is 359 g/mol. The lowest BCUT2D eigenvalue weighted by Crippen LogP contribution is -2.39. The lowest BCUT2D eigenvalue weighted by Gasteiger charge is -2.39. The molecule has 1 saturated heterocycles. The van der Waals surface area contributed by atoms with Crippen molar-refractivity contribution in [1.29, 1.82) is 0 Å². The summed E-state index contributed by atoms with van der Waals surface area (Å²) in [6.07, 6.45) is 3.17.